The van der Waals surface area contributed by atoms with E-state index >= 15 is 0 Å². The van der Waals surface area contributed by atoms with Gasteiger partial charge in [0.2, 0.25) is 11.9 Å². The maximum Gasteiger partial charge on any atom is 0.229 e. The normalized spacial score (nSPS) is 10.7. The van der Waals surface area contributed by atoms with E-state index in [0.29, 0.717) is 18.4 Å². The van der Waals surface area contributed by atoms with Crippen molar-refractivity contribution in [3.8, 4) is 0 Å². The molecule has 3 aromatic rings. The lowest BCUT2D eigenvalue weighted by molar-refractivity contribution is -0.115. The number of amides is 1. The fraction of sp³-hybridized carbons (Fsp3) is 0.261. The third-order valence-corrected chi connectivity index (χ3v) is 4.61. The van der Waals surface area contributed by atoms with Crippen molar-refractivity contribution in [2.24, 2.45) is 0 Å². The number of nitrogens with one attached hydrogen (secondary N) is 2. The predicted molar refractivity (Wildman–Crippen MR) is 119 cm³/mol. The van der Waals surface area contributed by atoms with Crippen molar-refractivity contribution in [2.45, 2.75) is 33.2 Å². The Morgan fingerprint density at radius 3 is 2.31 bits per heavy atom. The molecular weight excluding hydrogens is 362 g/mol. The summed E-state index contributed by atoms with van der Waals surface area (Å²) in [6, 6.07) is 19.5. The first-order valence-electron chi connectivity index (χ1n) is 9.70. The molecule has 6 nitrogen and oxygen atoms in total. The fourth-order valence-corrected chi connectivity index (χ4v) is 2.81. The second-order valence-corrected chi connectivity index (χ2v) is 7.31. The van der Waals surface area contributed by atoms with Gasteiger partial charge in [-0.05, 0) is 50.6 Å². The zero-order chi connectivity index (χ0) is 20.8. The van der Waals surface area contributed by atoms with Crippen LogP contribution in [0.2, 0.25) is 0 Å². The molecule has 6 heteroatoms. The van der Waals surface area contributed by atoms with Crippen LogP contribution in [0.5, 0.6) is 0 Å². The van der Waals surface area contributed by atoms with Crippen molar-refractivity contribution in [1.82, 2.24) is 9.97 Å². The molecule has 0 radical (unpaired) electrons. The van der Waals surface area contributed by atoms with Crippen molar-refractivity contribution in [3.63, 3.8) is 0 Å². The number of aryl methyl sites for hydroxylation is 1. The summed E-state index contributed by atoms with van der Waals surface area (Å²) in [6.07, 6.45) is 0.351. The van der Waals surface area contributed by atoms with E-state index in [4.69, 9.17) is 0 Å². The zero-order valence-electron chi connectivity index (χ0n) is 17.3. The van der Waals surface area contributed by atoms with Crippen LogP contribution >= 0.6 is 0 Å². The van der Waals surface area contributed by atoms with Crippen LogP contribution in [0, 0.1) is 6.92 Å². The van der Waals surface area contributed by atoms with E-state index in [1.807, 2.05) is 74.6 Å². The number of nitrogens with zero attached hydrogens (tertiary/aromatic N) is 3. The first-order valence-corrected chi connectivity index (χ1v) is 9.70. The van der Waals surface area contributed by atoms with E-state index in [9.17, 15) is 4.79 Å². The van der Waals surface area contributed by atoms with Gasteiger partial charge in [-0.1, -0.05) is 30.3 Å². The van der Waals surface area contributed by atoms with E-state index in [1.165, 1.54) is 0 Å². The molecular formula is C23H27N5O. The van der Waals surface area contributed by atoms with Crippen molar-refractivity contribution < 1.29 is 4.79 Å². The quantitative estimate of drug-likeness (QED) is 0.620. The van der Waals surface area contributed by atoms with Gasteiger partial charge >= 0.3 is 0 Å². The molecule has 1 aromatic heterocycles. The minimum atomic E-state index is -0.0414. The van der Waals surface area contributed by atoms with E-state index in [0.717, 1.165) is 28.5 Å². The Bertz CT molecular complexity index is 955. The molecule has 0 saturated heterocycles. The number of benzene rings is 2. The molecule has 2 N–H and O–H groups in total. The van der Waals surface area contributed by atoms with Gasteiger partial charge in [0.25, 0.3) is 0 Å². The second-order valence-electron chi connectivity index (χ2n) is 7.31. The highest BCUT2D eigenvalue weighted by Crippen LogP contribution is 2.20. The SMILES string of the molecule is Cc1cc(N(C)C(C)C)nc(Nc2ccc(NC(=O)Cc3ccccc3)cc2)n1. The summed E-state index contributed by atoms with van der Waals surface area (Å²) in [5.74, 6) is 1.38. The summed E-state index contributed by atoms with van der Waals surface area (Å²) in [5, 5.41) is 6.16. The predicted octanol–water partition coefficient (Wildman–Crippen LogP) is 4.55. The minimum absolute atomic E-state index is 0.0414. The molecule has 150 valence electrons. The number of aromatic nitrogens is 2. The van der Waals surface area contributed by atoms with Crippen LogP contribution in [-0.2, 0) is 11.2 Å². The molecule has 0 saturated carbocycles. The lowest BCUT2D eigenvalue weighted by Gasteiger charge is -2.23. The van der Waals surface area contributed by atoms with Crippen molar-refractivity contribution in [1.29, 1.82) is 0 Å². The molecule has 3 rings (SSSR count). The van der Waals surface area contributed by atoms with E-state index in [2.05, 4.69) is 39.3 Å². The van der Waals surface area contributed by atoms with Crippen molar-refractivity contribution in [3.05, 3.63) is 71.9 Å². The Labute approximate surface area is 172 Å². The molecule has 0 aliphatic carbocycles. The third-order valence-electron chi connectivity index (χ3n) is 4.61. The lowest BCUT2D eigenvalue weighted by atomic mass is 10.1. The molecule has 0 aliphatic rings. The van der Waals surface area contributed by atoms with Gasteiger partial charge in [-0.15, -0.1) is 0 Å². The maximum absolute atomic E-state index is 12.2. The van der Waals surface area contributed by atoms with Crippen LogP contribution < -0.4 is 15.5 Å². The smallest absolute Gasteiger partial charge is 0.229 e. The molecule has 1 amide bonds. The van der Waals surface area contributed by atoms with Crippen LogP contribution in [0.3, 0.4) is 0 Å². The summed E-state index contributed by atoms with van der Waals surface area (Å²) in [5.41, 5.74) is 3.49. The van der Waals surface area contributed by atoms with E-state index in [-0.39, 0.29) is 5.91 Å². The van der Waals surface area contributed by atoms with E-state index in [1.54, 1.807) is 0 Å². The van der Waals surface area contributed by atoms with Gasteiger partial charge in [-0.25, -0.2) is 4.98 Å². The molecule has 0 atom stereocenters. The van der Waals surface area contributed by atoms with Gasteiger partial charge in [-0.2, -0.15) is 4.98 Å². The molecule has 29 heavy (non-hydrogen) atoms. The van der Waals surface area contributed by atoms with E-state index < -0.39 is 0 Å². The highest BCUT2D eigenvalue weighted by atomic mass is 16.1. The van der Waals surface area contributed by atoms with Crippen LogP contribution in [0.25, 0.3) is 0 Å². The van der Waals surface area contributed by atoms with Gasteiger partial charge < -0.3 is 15.5 Å². The Hall–Kier alpha value is -3.41. The van der Waals surface area contributed by atoms with Gasteiger partial charge in [0.15, 0.2) is 0 Å². The Kier molecular flexibility index (Phi) is 6.44. The van der Waals surface area contributed by atoms with Crippen LogP contribution in [0.1, 0.15) is 25.1 Å². The number of rotatable bonds is 7. The molecule has 1 heterocycles. The summed E-state index contributed by atoms with van der Waals surface area (Å²) in [4.78, 5) is 23.4. The molecule has 0 bridgehead atoms. The standard InChI is InChI=1S/C23H27N5O/c1-16(2)28(4)21-14-17(3)24-23(27-21)26-20-12-10-19(11-13-20)25-22(29)15-18-8-6-5-7-9-18/h5-14,16H,15H2,1-4H3,(H,25,29)(H,24,26,27). The number of hydrogen-bond acceptors (Lipinski definition) is 5. The highest BCUT2D eigenvalue weighted by molar-refractivity contribution is 5.92. The fourth-order valence-electron chi connectivity index (χ4n) is 2.81. The van der Waals surface area contributed by atoms with Crippen molar-refractivity contribution >= 4 is 29.0 Å². The van der Waals surface area contributed by atoms with Gasteiger partial charge in [-0.3, -0.25) is 4.79 Å². The van der Waals surface area contributed by atoms with Crippen molar-refractivity contribution in [2.75, 3.05) is 22.6 Å². The largest absolute Gasteiger partial charge is 0.357 e. The maximum atomic E-state index is 12.2. The first kappa shape index (κ1) is 20.3. The lowest BCUT2D eigenvalue weighted by Crippen LogP contribution is -2.27. The van der Waals surface area contributed by atoms with Crippen LogP contribution in [0.4, 0.5) is 23.1 Å². The Balaban J connectivity index is 1.64. The van der Waals surface area contributed by atoms with Crippen LogP contribution in [0.15, 0.2) is 60.7 Å². The van der Waals surface area contributed by atoms with Gasteiger partial charge in [0.05, 0.1) is 6.42 Å². The second kappa shape index (κ2) is 9.19. The number of carbonyl (C=O) groups is 1. The molecule has 2 aromatic carbocycles. The van der Waals surface area contributed by atoms with Crippen LogP contribution in [-0.4, -0.2) is 29.0 Å². The minimum Gasteiger partial charge on any atom is -0.357 e. The van der Waals surface area contributed by atoms with Gasteiger partial charge in [0, 0.05) is 36.2 Å². The highest BCUT2D eigenvalue weighted by Gasteiger charge is 2.10. The Morgan fingerprint density at radius 2 is 1.66 bits per heavy atom. The molecule has 0 spiro atoms. The molecule has 0 fully saturated rings. The molecule has 0 aliphatic heterocycles. The topological polar surface area (TPSA) is 70.2 Å². The average Bonchev–Trinajstić information content (AvgIpc) is 2.69. The third kappa shape index (κ3) is 5.78. The number of carbonyl (C=O) groups excluding carboxylic acids is 1. The van der Waals surface area contributed by atoms with Gasteiger partial charge in [0.1, 0.15) is 5.82 Å². The zero-order valence-corrected chi connectivity index (χ0v) is 17.3. The number of hydrogen-bond donors (Lipinski definition) is 2. The average molecular weight is 390 g/mol. The summed E-state index contributed by atoms with van der Waals surface area (Å²) < 4.78 is 0. The first-order chi connectivity index (χ1) is 13.9. The number of anilines is 4. The summed E-state index contributed by atoms with van der Waals surface area (Å²) in [7, 11) is 2.02. The summed E-state index contributed by atoms with van der Waals surface area (Å²) in [6.45, 7) is 6.20. The monoisotopic (exact) mass is 389 g/mol. The Morgan fingerprint density at radius 1 is 1.00 bits per heavy atom. The molecule has 0 unspecified atom stereocenters. The summed E-state index contributed by atoms with van der Waals surface area (Å²) >= 11 is 0.